The predicted molar refractivity (Wildman–Crippen MR) is 83.9 cm³/mol. The van der Waals surface area contributed by atoms with E-state index in [1.54, 1.807) is 6.07 Å². The molecule has 0 unspecified atom stereocenters. The summed E-state index contributed by atoms with van der Waals surface area (Å²) >= 11 is 0. The highest BCUT2D eigenvalue weighted by Gasteiger charge is 2.21. The number of carbonyl (C=O) groups is 1. The number of nitrogens with two attached hydrogens (primary N) is 1. The molecule has 0 atom stereocenters. The lowest BCUT2D eigenvalue weighted by Crippen LogP contribution is -2.49. The molecule has 4 N–H and O–H groups in total. The zero-order chi connectivity index (χ0) is 15.3. The molecule has 5 heteroatoms. The summed E-state index contributed by atoms with van der Waals surface area (Å²) in [6.45, 7) is 4.51. The minimum Gasteiger partial charge on any atom is -0.349 e. The quantitative estimate of drug-likeness (QED) is 0.762. The number of hydrogen-bond acceptors (Lipinski definition) is 3. The Labute approximate surface area is 124 Å². The molecular weight excluding hydrogens is 264 g/mol. The molecule has 0 saturated carbocycles. The zero-order valence-corrected chi connectivity index (χ0v) is 12.5. The lowest BCUT2D eigenvalue weighted by molar-refractivity contribution is 0.0937. The van der Waals surface area contributed by atoms with Crippen LogP contribution in [0.3, 0.4) is 0 Å². The number of nitrogens with zero attached hydrogens (tertiary/aromatic N) is 1. The van der Waals surface area contributed by atoms with Gasteiger partial charge in [0.05, 0.1) is 5.69 Å². The van der Waals surface area contributed by atoms with E-state index in [0.29, 0.717) is 12.2 Å². The maximum atomic E-state index is 12.1. The second-order valence-corrected chi connectivity index (χ2v) is 5.29. The van der Waals surface area contributed by atoms with Gasteiger partial charge in [-0.25, -0.2) is 0 Å². The van der Waals surface area contributed by atoms with E-state index in [1.165, 1.54) is 0 Å². The van der Waals surface area contributed by atoms with Gasteiger partial charge in [0.15, 0.2) is 0 Å². The Kier molecular flexibility index (Phi) is 4.75. The first-order valence-electron chi connectivity index (χ1n) is 7.26. The van der Waals surface area contributed by atoms with E-state index in [1.807, 2.05) is 44.2 Å². The second kappa shape index (κ2) is 6.54. The molecule has 1 heterocycles. The van der Waals surface area contributed by atoms with E-state index < -0.39 is 0 Å². The van der Waals surface area contributed by atoms with Crippen molar-refractivity contribution < 1.29 is 4.79 Å². The number of amides is 1. The van der Waals surface area contributed by atoms with Crippen LogP contribution in [0.25, 0.3) is 11.3 Å². The predicted octanol–water partition coefficient (Wildman–Crippen LogP) is 2.32. The van der Waals surface area contributed by atoms with Crippen LogP contribution in [0.5, 0.6) is 0 Å². The van der Waals surface area contributed by atoms with Gasteiger partial charge in [-0.3, -0.25) is 9.89 Å². The van der Waals surface area contributed by atoms with Gasteiger partial charge in [-0.05, 0) is 18.9 Å². The number of hydrogen-bond donors (Lipinski definition) is 3. The lowest BCUT2D eigenvalue weighted by atomic mass is 9.94. The molecular formula is C16H22N4O. The fourth-order valence-electron chi connectivity index (χ4n) is 2.05. The largest absolute Gasteiger partial charge is 0.349 e. The summed E-state index contributed by atoms with van der Waals surface area (Å²) in [4.78, 5) is 12.1. The van der Waals surface area contributed by atoms with E-state index in [9.17, 15) is 4.79 Å². The third-order valence-electron chi connectivity index (χ3n) is 3.90. The van der Waals surface area contributed by atoms with Crippen LogP contribution in [0.15, 0.2) is 36.4 Å². The molecule has 2 rings (SSSR count). The minimum absolute atomic E-state index is 0.179. The van der Waals surface area contributed by atoms with E-state index in [-0.39, 0.29) is 11.4 Å². The van der Waals surface area contributed by atoms with Crippen LogP contribution in [0.2, 0.25) is 0 Å². The Morgan fingerprint density at radius 2 is 1.95 bits per heavy atom. The molecule has 1 aromatic carbocycles. The van der Waals surface area contributed by atoms with Gasteiger partial charge in [-0.1, -0.05) is 44.2 Å². The number of benzene rings is 1. The molecule has 5 nitrogen and oxygen atoms in total. The molecule has 0 aliphatic heterocycles. The number of aromatic amines is 1. The Hall–Kier alpha value is -2.14. The molecule has 2 aromatic rings. The van der Waals surface area contributed by atoms with Crippen LogP contribution in [0.1, 0.15) is 37.2 Å². The smallest absolute Gasteiger partial charge is 0.269 e. The molecule has 112 valence electrons. The number of carbonyl (C=O) groups excluding carboxylic acids is 1. The minimum atomic E-state index is -0.349. The average molecular weight is 286 g/mol. The second-order valence-electron chi connectivity index (χ2n) is 5.29. The van der Waals surface area contributed by atoms with Crippen LogP contribution in [-0.4, -0.2) is 28.2 Å². The molecule has 0 radical (unpaired) electrons. The van der Waals surface area contributed by atoms with Crippen LogP contribution in [0.4, 0.5) is 0 Å². The Morgan fingerprint density at radius 3 is 2.57 bits per heavy atom. The SMILES string of the molecule is CCC(N)(CC)CNC(=O)c1cc(-c2ccccc2)n[nH]1. The first-order chi connectivity index (χ1) is 10.1. The van der Waals surface area contributed by atoms with Crippen LogP contribution >= 0.6 is 0 Å². The average Bonchev–Trinajstić information content (AvgIpc) is 3.03. The summed E-state index contributed by atoms with van der Waals surface area (Å²) in [7, 11) is 0. The summed E-state index contributed by atoms with van der Waals surface area (Å²) in [5.41, 5.74) is 8.01. The summed E-state index contributed by atoms with van der Waals surface area (Å²) in [5, 5.41) is 9.82. The molecule has 0 aliphatic carbocycles. The first kappa shape index (κ1) is 15.3. The highest BCUT2D eigenvalue weighted by Crippen LogP contribution is 2.17. The first-order valence-corrected chi connectivity index (χ1v) is 7.26. The van der Waals surface area contributed by atoms with Crippen molar-refractivity contribution in [3.63, 3.8) is 0 Å². The van der Waals surface area contributed by atoms with Gasteiger partial charge < -0.3 is 11.1 Å². The van der Waals surface area contributed by atoms with Crippen LogP contribution < -0.4 is 11.1 Å². The third kappa shape index (κ3) is 3.70. The van der Waals surface area contributed by atoms with E-state index >= 15 is 0 Å². The van der Waals surface area contributed by atoms with Gasteiger partial charge in [0.2, 0.25) is 0 Å². The Morgan fingerprint density at radius 1 is 1.29 bits per heavy atom. The van der Waals surface area contributed by atoms with Gasteiger partial charge in [0.1, 0.15) is 5.69 Å². The molecule has 0 fully saturated rings. The molecule has 0 spiro atoms. The van der Waals surface area contributed by atoms with E-state index in [0.717, 1.165) is 24.1 Å². The maximum Gasteiger partial charge on any atom is 0.269 e. The summed E-state index contributed by atoms with van der Waals surface area (Å²) in [6.07, 6.45) is 1.64. The molecule has 1 amide bonds. The maximum absolute atomic E-state index is 12.1. The third-order valence-corrected chi connectivity index (χ3v) is 3.90. The standard InChI is InChI=1S/C16H22N4O/c1-3-16(17,4-2)11-18-15(21)14-10-13(19-20-14)12-8-6-5-7-9-12/h5-10H,3-4,11,17H2,1-2H3,(H,18,21)(H,19,20). The van der Waals surface area contributed by atoms with Crippen LogP contribution in [0, 0.1) is 0 Å². The Balaban J connectivity index is 2.03. The van der Waals surface area contributed by atoms with E-state index in [2.05, 4.69) is 15.5 Å². The van der Waals surface area contributed by atoms with Crippen molar-refractivity contribution in [2.45, 2.75) is 32.2 Å². The summed E-state index contributed by atoms with van der Waals surface area (Å²) < 4.78 is 0. The van der Waals surface area contributed by atoms with E-state index in [4.69, 9.17) is 5.73 Å². The number of H-pyrrole nitrogens is 1. The van der Waals surface area contributed by atoms with Gasteiger partial charge in [0.25, 0.3) is 5.91 Å². The molecule has 0 aliphatic rings. The number of rotatable bonds is 6. The van der Waals surface area contributed by atoms with Crippen molar-refractivity contribution in [3.8, 4) is 11.3 Å². The van der Waals surface area contributed by atoms with Crippen molar-refractivity contribution in [2.24, 2.45) is 5.73 Å². The van der Waals surface area contributed by atoms with Crippen molar-refractivity contribution >= 4 is 5.91 Å². The molecule has 1 aromatic heterocycles. The summed E-state index contributed by atoms with van der Waals surface area (Å²) in [6, 6.07) is 11.5. The lowest BCUT2D eigenvalue weighted by Gasteiger charge is -2.26. The van der Waals surface area contributed by atoms with Crippen molar-refractivity contribution in [3.05, 3.63) is 42.1 Å². The molecule has 0 saturated heterocycles. The topological polar surface area (TPSA) is 83.8 Å². The highest BCUT2D eigenvalue weighted by molar-refractivity contribution is 5.93. The van der Waals surface area contributed by atoms with Gasteiger partial charge in [0, 0.05) is 17.6 Å². The number of nitrogens with one attached hydrogen (secondary N) is 2. The monoisotopic (exact) mass is 286 g/mol. The summed E-state index contributed by atoms with van der Waals surface area (Å²) in [5.74, 6) is -0.179. The highest BCUT2D eigenvalue weighted by atomic mass is 16.1. The van der Waals surface area contributed by atoms with Crippen LogP contribution in [-0.2, 0) is 0 Å². The van der Waals surface area contributed by atoms with Gasteiger partial charge in [-0.2, -0.15) is 5.10 Å². The molecule has 21 heavy (non-hydrogen) atoms. The Bertz CT molecular complexity index is 587. The zero-order valence-electron chi connectivity index (χ0n) is 12.5. The number of aromatic nitrogens is 2. The van der Waals surface area contributed by atoms with Crippen molar-refractivity contribution in [2.75, 3.05) is 6.54 Å². The van der Waals surface area contributed by atoms with Crippen molar-refractivity contribution in [1.29, 1.82) is 0 Å². The normalized spacial score (nSPS) is 11.4. The van der Waals surface area contributed by atoms with Gasteiger partial charge >= 0.3 is 0 Å². The molecule has 0 bridgehead atoms. The van der Waals surface area contributed by atoms with Crippen molar-refractivity contribution in [1.82, 2.24) is 15.5 Å². The fraction of sp³-hybridized carbons (Fsp3) is 0.375. The fourth-order valence-corrected chi connectivity index (χ4v) is 2.05. The van der Waals surface area contributed by atoms with Gasteiger partial charge in [-0.15, -0.1) is 0 Å².